The molecule has 0 saturated heterocycles. The summed E-state index contributed by atoms with van der Waals surface area (Å²) in [6.45, 7) is 3.86. The van der Waals surface area contributed by atoms with Crippen molar-refractivity contribution in [3.8, 4) is 5.69 Å². The van der Waals surface area contributed by atoms with Crippen molar-refractivity contribution >= 4 is 23.2 Å². The average molecular weight is 341 g/mol. The zero-order valence-electron chi connectivity index (χ0n) is 13.5. The maximum atomic E-state index is 12.4. The second-order valence-electron chi connectivity index (χ2n) is 5.38. The number of amides is 1. The number of benzene rings is 2. The average Bonchev–Trinajstić information content (AvgIpc) is 2.97. The van der Waals surface area contributed by atoms with E-state index >= 15 is 0 Å². The van der Waals surface area contributed by atoms with Gasteiger partial charge >= 0.3 is 0 Å². The van der Waals surface area contributed by atoms with E-state index in [1.807, 2.05) is 36.4 Å². The van der Waals surface area contributed by atoms with Gasteiger partial charge in [0.15, 0.2) is 0 Å². The molecule has 0 saturated carbocycles. The molecule has 0 spiro atoms. The summed E-state index contributed by atoms with van der Waals surface area (Å²) in [4.78, 5) is 16.7. The Morgan fingerprint density at radius 3 is 2.75 bits per heavy atom. The van der Waals surface area contributed by atoms with Gasteiger partial charge in [0.2, 0.25) is 5.82 Å². The monoisotopic (exact) mass is 340 g/mol. The van der Waals surface area contributed by atoms with E-state index in [0.717, 1.165) is 23.4 Å². The number of rotatable bonds is 4. The third-order valence-electron chi connectivity index (χ3n) is 3.62. The molecule has 0 unspecified atom stereocenters. The first kappa shape index (κ1) is 16.2. The fraction of sp³-hybridized carbons (Fsp3) is 0.167. The van der Waals surface area contributed by atoms with Crippen molar-refractivity contribution in [2.75, 3.05) is 5.32 Å². The van der Waals surface area contributed by atoms with Gasteiger partial charge in [-0.05, 0) is 49.2 Å². The largest absolute Gasteiger partial charge is 0.319 e. The molecule has 24 heavy (non-hydrogen) atoms. The van der Waals surface area contributed by atoms with Gasteiger partial charge in [-0.3, -0.25) is 4.79 Å². The molecule has 1 aromatic heterocycles. The molecule has 0 radical (unpaired) electrons. The minimum atomic E-state index is -0.341. The van der Waals surface area contributed by atoms with Crippen molar-refractivity contribution in [1.82, 2.24) is 14.8 Å². The Labute approximate surface area is 145 Å². The number of nitrogens with one attached hydrogen (secondary N) is 1. The molecular formula is C18H17ClN4O. The lowest BCUT2D eigenvalue weighted by molar-refractivity contribution is 0.101. The number of anilines is 1. The van der Waals surface area contributed by atoms with Gasteiger partial charge in [0, 0.05) is 10.7 Å². The molecule has 1 heterocycles. The fourth-order valence-electron chi connectivity index (χ4n) is 2.39. The Bertz CT molecular complexity index is 888. The molecule has 122 valence electrons. The van der Waals surface area contributed by atoms with E-state index in [-0.39, 0.29) is 11.7 Å². The van der Waals surface area contributed by atoms with Crippen LogP contribution in [0.15, 0.2) is 48.5 Å². The Kier molecular flexibility index (Phi) is 4.62. The lowest BCUT2D eigenvalue weighted by Gasteiger charge is -2.04. The second kappa shape index (κ2) is 6.84. The quantitative estimate of drug-likeness (QED) is 0.779. The Balaban J connectivity index is 1.85. The molecule has 3 aromatic rings. The van der Waals surface area contributed by atoms with Crippen LogP contribution in [-0.4, -0.2) is 20.7 Å². The summed E-state index contributed by atoms with van der Waals surface area (Å²) in [6, 6.07) is 15.0. The zero-order chi connectivity index (χ0) is 17.1. The number of aromatic nitrogens is 3. The van der Waals surface area contributed by atoms with Gasteiger partial charge in [-0.1, -0.05) is 36.7 Å². The maximum Gasteiger partial charge on any atom is 0.295 e. The summed E-state index contributed by atoms with van der Waals surface area (Å²) in [5.74, 6) is 0.395. The summed E-state index contributed by atoms with van der Waals surface area (Å²) >= 11 is 6.01. The van der Waals surface area contributed by atoms with Crippen molar-refractivity contribution in [2.45, 2.75) is 20.3 Å². The molecule has 0 aliphatic carbocycles. The lowest BCUT2D eigenvalue weighted by atomic mass is 10.1. The molecule has 0 bridgehead atoms. The molecule has 2 aromatic carbocycles. The first-order valence-corrected chi connectivity index (χ1v) is 8.04. The minimum absolute atomic E-state index is 0.120. The first-order valence-electron chi connectivity index (χ1n) is 7.66. The van der Waals surface area contributed by atoms with E-state index < -0.39 is 0 Å². The maximum absolute atomic E-state index is 12.4. The Morgan fingerprint density at radius 2 is 2.00 bits per heavy atom. The van der Waals surface area contributed by atoms with Gasteiger partial charge in [-0.25, -0.2) is 9.67 Å². The number of halogens is 1. The van der Waals surface area contributed by atoms with E-state index in [2.05, 4.69) is 22.3 Å². The number of carbonyl (C=O) groups excluding carboxylic acids is 1. The number of aryl methyl sites for hydroxylation is 2. The fourth-order valence-corrected chi connectivity index (χ4v) is 2.58. The van der Waals surface area contributed by atoms with Crippen molar-refractivity contribution in [3.63, 3.8) is 0 Å². The molecule has 0 aliphatic rings. The van der Waals surface area contributed by atoms with Crippen LogP contribution < -0.4 is 5.32 Å². The SMILES string of the molecule is CCc1cccc(NC(=O)c2nc(C)n(-c3cccc(Cl)c3)n2)c1. The Hall–Kier alpha value is -2.66. The Morgan fingerprint density at radius 1 is 1.21 bits per heavy atom. The van der Waals surface area contributed by atoms with Crippen LogP contribution in [-0.2, 0) is 6.42 Å². The van der Waals surface area contributed by atoms with Gasteiger partial charge in [-0.2, -0.15) is 0 Å². The summed E-state index contributed by atoms with van der Waals surface area (Å²) in [5, 5.41) is 7.73. The highest BCUT2D eigenvalue weighted by atomic mass is 35.5. The summed E-state index contributed by atoms with van der Waals surface area (Å²) in [5.41, 5.74) is 2.65. The van der Waals surface area contributed by atoms with E-state index in [0.29, 0.717) is 10.8 Å². The molecule has 5 nitrogen and oxygen atoms in total. The van der Waals surface area contributed by atoms with Crippen LogP contribution in [0.3, 0.4) is 0 Å². The topological polar surface area (TPSA) is 59.8 Å². The predicted molar refractivity (Wildman–Crippen MR) is 94.9 cm³/mol. The van der Waals surface area contributed by atoms with Crippen LogP contribution in [0.1, 0.15) is 28.9 Å². The molecule has 1 amide bonds. The summed E-state index contributed by atoms with van der Waals surface area (Å²) in [7, 11) is 0. The highest BCUT2D eigenvalue weighted by Crippen LogP contribution is 2.16. The van der Waals surface area contributed by atoms with Crippen LogP contribution >= 0.6 is 11.6 Å². The van der Waals surface area contributed by atoms with Crippen molar-refractivity contribution < 1.29 is 4.79 Å². The number of carbonyl (C=O) groups is 1. The third-order valence-corrected chi connectivity index (χ3v) is 3.85. The third kappa shape index (κ3) is 3.46. The highest BCUT2D eigenvalue weighted by molar-refractivity contribution is 6.30. The van der Waals surface area contributed by atoms with E-state index in [4.69, 9.17) is 11.6 Å². The number of hydrogen-bond acceptors (Lipinski definition) is 3. The normalized spacial score (nSPS) is 10.6. The van der Waals surface area contributed by atoms with Gasteiger partial charge in [0.05, 0.1) is 5.69 Å². The zero-order valence-corrected chi connectivity index (χ0v) is 14.2. The number of nitrogens with zero attached hydrogens (tertiary/aromatic N) is 3. The van der Waals surface area contributed by atoms with Gasteiger partial charge in [0.25, 0.3) is 5.91 Å². The molecule has 0 fully saturated rings. The molecular weight excluding hydrogens is 324 g/mol. The lowest BCUT2D eigenvalue weighted by Crippen LogP contribution is -2.14. The van der Waals surface area contributed by atoms with Crippen molar-refractivity contribution in [2.24, 2.45) is 0 Å². The minimum Gasteiger partial charge on any atom is -0.319 e. The van der Waals surface area contributed by atoms with Crippen molar-refractivity contribution in [1.29, 1.82) is 0 Å². The molecule has 6 heteroatoms. The van der Waals surface area contributed by atoms with Crippen LogP contribution in [0.25, 0.3) is 5.69 Å². The van der Waals surface area contributed by atoms with Crippen LogP contribution in [0.5, 0.6) is 0 Å². The van der Waals surface area contributed by atoms with Crippen LogP contribution in [0, 0.1) is 6.92 Å². The molecule has 3 rings (SSSR count). The summed E-state index contributed by atoms with van der Waals surface area (Å²) in [6.07, 6.45) is 0.907. The first-order chi connectivity index (χ1) is 11.6. The van der Waals surface area contributed by atoms with E-state index in [9.17, 15) is 4.79 Å². The molecule has 1 N–H and O–H groups in total. The van der Waals surface area contributed by atoms with Crippen molar-refractivity contribution in [3.05, 3.63) is 70.8 Å². The van der Waals surface area contributed by atoms with Crippen LogP contribution in [0.2, 0.25) is 5.02 Å². The molecule has 0 atom stereocenters. The number of hydrogen-bond donors (Lipinski definition) is 1. The standard InChI is InChI=1S/C18H17ClN4O/c1-3-13-6-4-8-15(10-13)21-18(24)17-20-12(2)23(22-17)16-9-5-7-14(19)11-16/h4-11H,3H2,1-2H3,(H,21,24). The van der Waals surface area contributed by atoms with Gasteiger partial charge in [-0.15, -0.1) is 5.10 Å². The van der Waals surface area contributed by atoms with E-state index in [1.165, 1.54) is 0 Å². The van der Waals surface area contributed by atoms with Gasteiger partial charge in [0.1, 0.15) is 5.82 Å². The van der Waals surface area contributed by atoms with Crippen LogP contribution in [0.4, 0.5) is 5.69 Å². The van der Waals surface area contributed by atoms with E-state index in [1.54, 1.807) is 23.7 Å². The second-order valence-corrected chi connectivity index (χ2v) is 5.82. The highest BCUT2D eigenvalue weighted by Gasteiger charge is 2.15. The summed E-state index contributed by atoms with van der Waals surface area (Å²) < 4.78 is 1.60. The smallest absolute Gasteiger partial charge is 0.295 e. The molecule has 0 aliphatic heterocycles. The van der Waals surface area contributed by atoms with Gasteiger partial charge < -0.3 is 5.32 Å². The predicted octanol–water partition coefficient (Wildman–Crippen LogP) is 4.04.